The van der Waals surface area contributed by atoms with Gasteiger partial charge >= 0.3 is 11.9 Å². The first-order valence-electron chi connectivity index (χ1n) is 7.96. The molecule has 2 atom stereocenters. The number of esters is 1. The molecule has 0 radical (unpaired) electrons. The third-order valence-electron chi connectivity index (χ3n) is 4.23. The molecule has 0 aliphatic carbocycles. The highest BCUT2D eigenvalue weighted by Gasteiger charge is 2.58. The van der Waals surface area contributed by atoms with Gasteiger partial charge in [-0.2, -0.15) is 0 Å². The highest BCUT2D eigenvalue weighted by atomic mass is 16.5. The Morgan fingerprint density at radius 1 is 1.10 bits per heavy atom. The van der Waals surface area contributed by atoms with E-state index in [0.29, 0.717) is 0 Å². The average Bonchev–Trinajstić information content (AvgIpc) is 2.26. The topological polar surface area (TPSA) is 63.6 Å². The molecule has 0 saturated carbocycles. The Morgan fingerprint density at radius 2 is 1.62 bits per heavy atom. The third kappa shape index (κ3) is 4.45. The van der Waals surface area contributed by atoms with E-state index < -0.39 is 22.8 Å². The molecule has 0 aromatic rings. The van der Waals surface area contributed by atoms with Gasteiger partial charge in [0, 0.05) is 0 Å². The van der Waals surface area contributed by atoms with Gasteiger partial charge in [0.2, 0.25) is 0 Å². The molecule has 0 fully saturated rings. The van der Waals surface area contributed by atoms with E-state index in [-0.39, 0.29) is 12.0 Å². The zero-order valence-electron chi connectivity index (χ0n) is 14.7. The fourth-order valence-corrected chi connectivity index (χ4v) is 3.08. The highest BCUT2D eigenvalue weighted by molar-refractivity contribution is 6.00. The van der Waals surface area contributed by atoms with Crippen LogP contribution in [0.25, 0.3) is 0 Å². The fourth-order valence-electron chi connectivity index (χ4n) is 3.08. The number of aliphatic carboxylic acids is 1. The normalized spacial score (nSPS) is 16.4. The lowest BCUT2D eigenvalue weighted by Gasteiger charge is -2.42. The highest BCUT2D eigenvalue weighted by Crippen LogP contribution is 2.46. The average molecular weight is 300 g/mol. The van der Waals surface area contributed by atoms with Crippen molar-refractivity contribution in [2.24, 2.45) is 16.7 Å². The standard InChI is InChI=1S/C17H32O4/c1-8-9-10-11-13(4)21-15(20)17(12(2)3,14(18)19)16(5,6)7/h12-13H,8-11H2,1-7H3,(H,18,19). The van der Waals surface area contributed by atoms with Crippen molar-refractivity contribution in [3.8, 4) is 0 Å². The van der Waals surface area contributed by atoms with E-state index in [1.54, 1.807) is 34.6 Å². The Labute approximate surface area is 129 Å². The van der Waals surface area contributed by atoms with Crippen LogP contribution in [0, 0.1) is 16.7 Å². The first-order chi connectivity index (χ1) is 9.51. The number of hydrogen-bond donors (Lipinski definition) is 1. The van der Waals surface area contributed by atoms with Gasteiger partial charge in [-0.1, -0.05) is 54.4 Å². The van der Waals surface area contributed by atoms with Crippen LogP contribution < -0.4 is 0 Å². The van der Waals surface area contributed by atoms with E-state index >= 15 is 0 Å². The van der Waals surface area contributed by atoms with Crippen molar-refractivity contribution in [3.05, 3.63) is 0 Å². The van der Waals surface area contributed by atoms with E-state index in [0.717, 1.165) is 25.7 Å². The SMILES string of the molecule is CCCCCC(C)OC(=O)C(C(=O)O)(C(C)C)C(C)(C)C. The van der Waals surface area contributed by atoms with Crippen LogP contribution in [0.3, 0.4) is 0 Å². The van der Waals surface area contributed by atoms with Crippen LogP contribution in [-0.4, -0.2) is 23.1 Å². The maximum atomic E-state index is 12.6. The molecule has 0 bridgehead atoms. The first kappa shape index (κ1) is 19.9. The lowest BCUT2D eigenvalue weighted by molar-refractivity contribution is -0.186. The molecular formula is C17H32O4. The molecular weight excluding hydrogens is 268 g/mol. The Kier molecular flexibility index (Phi) is 7.41. The smallest absolute Gasteiger partial charge is 0.324 e. The molecule has 0 rings (SSSR count). The van der Waals surface area contributed by atoms with Gasteiger partial charge < -0.3 is 9.84 Å². The second-order valence-corrected chi connectivity index (χ2v) is 7.23. The number of carboxylic acid groups (broad SMARTS) is 1. The maximum absolute atomic E-state index is 12.6. The molecule has 2 unspecified atom stereocenters. The fraction of sp³-hybridized carbons (Fsp3) is 0.882. The number of carboxylic acids is 1. The van der Waals surface area contributed by atoms with Crippen molar-refractivity contribution in [1.82, 2.24) is 0 Å². The van der Waals surface area contributed by atoms with Crippen LogP contribution in [0.2, 0.25) is 0 Å². The summed E-state index contributed by atoms with van der Waals surface area (Å²) in [5.74, 6) is -2.05. The minimum atomic E-state index is -1.52. The molecule has 0 heterocycles. The van der Waals surface area contributed by atoms with Crippen LogP contribution in [0.1, 0.15) is 74.1 Å². The summed E-state index contributed by atoms with van der Waals surface area (Å²) < 4.78 is 5.49. The second-order valence-electron chi connectivity index (χ2n) is 7.23. The van der Waals surface area contributed by atoms with Gasteiger partial charge in [-0.15, -0.1) is 0 Å². The molecule has 4 heteroatoms. The first-order valence-corrected chi connectivity index (χ1v) is 7.96. The molecule has 0 aliphatic heterocycles. The molecule has 0 aromatic carbocycles. The Bertz CT molecular complexity index is 354. The van der Waals surface area contributed by atoms with Crippen molar-refractivity contribution < 1.29 is 19.4 Å². The number of ether oxygens (including phenoxy) is 1. The molecule has 0 spiro atoms. The summed E-state index contributed by atoms with van der Waals surface area (Å²) >= 11 is 0. The van der Waals surface area contributed by atoms with Crippen LogP contribution in [0.4, 0.5) is 0 Å². The van der Waals surface area contributed by atoms with E-state index in [2.05, 4.69) is 6.92 Å². The molecule has 0 amide bonds. The molecule has 0 saturated heterocycles. The van der Waals surface area contributed by atoms with Gasteiger partial charge in [-0.25, -0.2) is 0 Å². The summed E-state index contributed by atoms with van der Waals surface area (Å²) in [6, 6.07) is 0. The zero-order valence-corrected chi connectivity index (χ0v) is 14.7. The lowest BCUT2D eigenvalue weighted by Crippen LogP contribution is -2.54. The Balaban J connectivity index is 5.20. The zero-order chi connectivity index (χ0) is 16.8. The van der Waals surface area contributed by atoms with Gasteiger partial charge in [0.1, 0.15) is 0 Å². The van der Waals surface area contributed by atoms with Crippen LogP contribution in [0.15, 0.2) is 0 Å². The summed E-state index contributed by atoms with van der Waals surface area (Å²) in [5, 5.41) is 9.73. The molecule has 0 aliphatic rings. The number of carbonyl (C=O) groups excluding carboxylic acids is 1. The van der Waals surface area contributed by atoms with Crippen molar-refractivity contribution in [1.29, 1.82) is 0 Å². The van der Waals surface area contributed by atoms with E-state index in [4.69, 9.17) is 4.74 Å². The monoisotopic (exact) mass is 300 g/mol. The Hall–Kier alpha value is -1.06. The van der Waals surface area contributed by atoms with Crippen molar-refractivity contribution in [3.63, 3.8) is 0 Å². The van der Waals surface area contributed by atoms with Gasteiger partial charge in [-0.3, -0.25) is 9.59 Å². The van der Waals surface area contributed by atoms with Gasteiger partial charge in [0.25, 0.3) is 0 Å². The number of unbranched alkanes of at least 4 members (excludes halogenated alkanes) is 2. The Morgan fingerprint density at radius 3 is 1.95 bits per heavy atom. The van der Waals surface area contributed by atoms with Crippen molar-refractivity contribution in [2.75, 3.05) is 0 Å². The number of rotatable bonds is 8. The minimum absolute atomic E-state index is 0.246. The quantitative estimate of drug-likeness (QED) is 0.413. The molecule has 124 valence electrons. The predicted molar refractivity (Wildman–Crippen MR) is 84.1 cm³/mol. The lowest BCUT2D eigenvalue weighted by atomic mass is 9.60. The predicted octanol–water partition coefficient (Wildman–Crippen LogP) is 4.27. The molecule has 4 nitrogen and oxygen atoms in total. The van der Waals surface area contributed by atoms with Crippen molar-refractivity contribution >= 4 is 11.9 Å². The number of hydrogen-bond acceptors (Lipinski definition) is 3. The van der Waals surface area contributed by atoms with Crippen LogP contribution in [-0.2, 0) is 14.3 Å². The molecule has 21 heavy (non-hydrogen) atoms. The van der Waals surface area contributed by atoms with Gasteiger partial charge in [0.15, 0.2) is 5.41 Å². The second kappa shape index (κ2) is 7.81. The largest absolute Gasteiger partial charge is 0.480 e. The van der Waals surface area contributed by atoms with Gasteiger partial charge in [0.05, 0.1) is 6.10 Å². The summed E-state index contributed by atoms with van der Waals surface area (Å²) in [4.78, 5) is 24.5. The van der Waals surface area contributed by atoms with E-state index in [1.165, 1.54) is 0 Å². The van der Waals surface area contributed by atoms with Gasteiger partial charge in [-0.05, 0) is 31.1 Å². The number of carbonyl (C=O) groups is 2. The maximum Gasteiger partial charge on any atom is 0.324 e. The molecule has 0 aromatic heterocycles. The summed E-state index contributed by atoms with van der Waals surface area (Å²) in [6.07, 6.45) is 3.71. The molecule has 1 N–H and O–H groups in total. The van der Waals surface area contributed by atoms with Crippen molar-refractivity contribution in [2.45, 2.75) is 80.3 Å². The van der Waals surface area contributed by atoms with E-state index in [9.17, 15) is 14.7 Å². The minimum Gasteiger partial charge on any atom is -0.480 e. The summed E-state index contributed by atoms with van der Waals surface area (Å²) in [5.41, 5.74) is -2.24. The van der Waals surface area contributed by atoms with Crippen LogP contribution in [0.5, 0.6) is 0 Å². The summed E-state index contributed by atoms with van der Waals surface area (Å²) in [7, 11) is 0. The van der Waals surface area contributed by atoms with E-state index in [1.807, 2.05) is 6.92 Å². The van der Waals surface area contributed by atoms with Crippen LogP contribution >= 0.6 is 0 Å². The third-order valence-corrected chi connectivity index (χ3v) is 4.23. The summed E-state index contributed by atoms with van der Waals surface area (Å²) in [6.45, 7) is 12.8.